The van der Waals surface area contributed by atoms with Crippen molar-refractivity contribution in [2.24, 2.45) is 0 Å². The zero-order valence-electron chi connectivity index (χ0n) is 13.8. The third kappa shape index (κ3) is 4.52. The summed E-state index contributed by atoms with van der Waals surface area (Å²) in [5.74, 6) is -0.449. The maximum absolute atomic E-state index is 12.7. The highest BCUT2D eigenvalue weighted by atomic mass is 35.5. The standard InChI is InChI=1S/C17H18Cl2N2O3S/c1-3-21(4-2)25(23,24)16-10-12(8-9-15(16)19)17(22)20-14-7-5-6-13(18)11-14/h5-11H,3-4H2,1-2H3,(H,20,22). The fourth-order valence-corrected chi connectivity index (χ4v) is 4.46. The number of sulfonamides is 1. The molecular weight excluding hydrogens is 383 g/mol. The summed E-state index contributed by atoms with van der Waals surface area (Å²) in [6.07, 6.45) is 0. The molecule has 0 spiro atoms. The lowest BCUT2D eigenvalue weighted by atomic mass is 10.2. The molecule has 0 bridgehead atoms. The molecule has 8 heteroatoms. The monoisotopic (exact) mass is 400 g/mol. The van der Waals surface area contributed by atoms with Gasteiger partial charge in [0.1, 0.15) is 4.90 Å². The van der Waals surface area contributed by atoms with Crippen LogP contribution in [0, 0.1) is 0 Å². The van der Waals surface area contributed by atoms with Gasteiger partial charge in [-0.25, -0.2) is 8.42 Å². The Labute approximate surface area is 157 Å². The molecule has 0 aromatic heterocycles. The van der Waals surface area contributed by atoms with Crippen LogP contribution in [-0.2, 0) is 10.0 Å². The number of carbonyl (C=O) groups is 1. The first-order valence-electron chi connectivity index (χ1n) is 7.66. The zero-order chi connectivity index (χ0) is 18.6. The molecule has 0 atom stereocenters. The van der Waals surface area contributed by atoms with Gasteiger partial charge < -0.3 is 5.32 Å². The number of anilines is 1. The first-order chi connectivity index (χ1) is 11.8. The number of benzene rings is 2. The number of rotatable bonds is 6. The lowest BCUT2D eigenvalue weighted by Gasteiger charge is -2.19. The van der Waals surface area contributed by atoms with Crippen LogP contribution in [0.1, 0.15) is 24.2 Å². The molecule has 0 radical (unpaired) electrons. The Morgan fingerprint density at radius 3 is 2.36 bits per heavy atom. The van der Waals surface area contributed by atoms with Gasteiger partial charge in [-0.3, -0.25) is 4.79 Å². The zero-order valence-corrected chi connectivity index (χ0v) is 16.1. The summed E-state index contributed by atoms with van der Waals surface area (Å²) in [6.45, 7) is 4.11. The van der Waals surface area contributed by atoms with Crippen LogP contribution in [0.2, 0.25) is 10.0 Å². The van der Waals surface area contributed by atoms with Gasteiger partial charge in [0.15, 0.2) is 0 Å². The van der Waals surface area contributed by atoms with Crippen molar-refractivity contribution < 1.29 is 13.2 Å². The molecule has 2 aromatic carbocycles. The van der Waals surface area contributed by atoms with Gasteiger partial charge >= 0.3 is 0 Å². The quantitative estimate of drug-likeness (QED) is 0.786. The predicted molar refractivity (Wildman–Crippen MR) is 101 cm³/mol. The summed E-state index contributed by atoms with van der Waals surface area (Å²) in [4.78, 5) is 12.3. The fourth-order valence-electron chi connectivity index (χ4n) is 2.31. The fraction of sp³-hybridized carbons (Fsp3) is 0.235. The first-order valence-corrected chi connectivity index (χ1v) is 9.85. The first kappa shape index (κ1) is 19.7. The van der Waals surface area contributed by atoms with Crippen molar-refractivity contribution >= 4 is 44.8 Å². The van der Waals surface area contributed by atoms with Gasteiger partial charge in [-0.05, 0) is 36.4 Å². The highest BCUT2D eigenvalue weighted by Crippen LogP contribution is 2.26. The molecule has 2 aromatic rings. The van der Waals surface area contributed by atoms with Crippen LogP contribution in [0.5, 0.6) is 0 Å². The summed E-state index contributed by atoms with van der Waals surface area (Å²) < 4.78 is 26.7. The highest BCUT2D eigenvalue weighted by molar-refractivity contribution is 7.89. The van der Waals surface area contributed by atoms with E-state index in [-0.39, 0.29) is 15.5 Å². The predicted octanol–water partition coefficient (Wildman–Crippen LogP) is 4.28. The molecule has 1 N–H and O–H groups in total. The van der Waals surface area contributed by atoms with Crippen molar-refractivity contribution in [2.45, 2.75) is 18.7 Å². The summed E-state index contributed by atoms with van der Waals surface area (Å²) >= 11 is 12.0. The SMILES string of the molecule is CCN(CC)S(=O)(=O)c1cc(C(=O)Nc2cccc(Cl)c2)ccc1Cl. The number of carbonyl (C=O) groups excluding carboxylic acids is 1. The Bertz CT molecular complexity index is 881. The van der Waals surface area contributed by atoms with E-state index in [9.17, 15) is 13.2 Å². The second kappa shape index (κ2) is 8.19. The lowest BCUT2D eigenvalue weighted by Crippen LogP contribution is -2.31. The van der Waals surface area contributed by atoms with Crippen molar-refractivity contribution in [1.82, 2.24) is 4.31 Å². The molecular formula is C17H18Cl2N2O3S. The van der Waals surface area contributed by atoms with Crippen molar-refractivity contribution in [2.75, 3.05) is 18.4 Å². The average Bonchev–Trinajstić information content (AvgIpc) is 2.55. The number of nitrogens with one attached hydrogen (secondary N) is 1. The minimum atomic E-state index is -3.77. The van der Waals surface area contributed by atoms with Gasteiger partial charge in [0, 0.05) is 29.4 Å². The summed E-state index contributed by atoms with van der Waals surface area (Å²) in [5, 5.41) is 3.24. The van der Waals surface area contributed by atoms with Crippen LogP contribution >= 0.6 is 23.2 Å². The van der Waals surface area contributed by atoms with Crippen LogP contribution < -0.4 is 5.32 Å². The normalized spacial score (nSPS) is 11.6. The minimum Gasteiger partial charge on any atom is -0.322 e. The lowest BCUT2D eigenvalue weighted by molar-refractivity contribution is 0.102. The second-order valence-electron chi connectivity index (χ2n) is 5.20. The average molecular weight is 401 g/mol. The van der Waals surface area contributed by atoms with Crippen molar-refractivity contribution in [3.8, 4) is 0 Å². The van der Waals surface area contributed by atoms with E-state index in [2.05, 4.69) is 5.32 Å². The molecule has 134 valence electrons. The topological polar surface area (TPSA) is 66.5 Å². The minimum absolute atomic E-state index is 0.0752. The van der Waals surface area contributed by atoms with Gasteiger partial charge in [0.2, 0.25) is 10.0 Å². The van der Waals surface area contributed by atoms with Crippen molar-refractivity contribution in [3.63, 3.8) is 0 Å². The number of amides is 1. The smallest absolute Gasteiger partial charge is 0.255 e. The molecule has 2 rings (SSSR count). The summed E-state index contributed by atoms with van der Waals surface area (Å²) in [7, 11) is -3.77. The number of halogens is 2. The number of nitrogens with zero attached hydrogens (tertiary/aromatic N) is 1. The molecule has 0 heterocycles. The third-order valence-electron chi connectivity index (χ3n) is 3.60. The molecule has 0 saturated carbocycles. The molecule has 0 aliphatic carbocycles. The molecule has 0 unspecified atom stereocenters. The molecule has 5 nitrogen and oxygen atoms in total. The highest BCUT2D eigenvalue weighted by Gasteiger charge is 2.25. The van der Waals surface area contributed by atoms with E-state index >= 15 is 0 Å². The van der Waals surface area contributed by atoms with E-state index in [0.717, 1.165) is 0 Å². The van der Waals surface area contributed by atoms with Crippen LogP contribution in [0.25, 0.3) is 0 Å². The largest absolute Gasteiger partial charge is 0.322 e. The van der Waals surface area contributed by atoms with E-state index in [4.69, 9.17) is 23.2 Å². The Morgan fingerprint density at radius 1 is 1.08 bits per heavy atom. The van der Waals surface area contributed by atoms with E-state index in [1.54, 1.807) is 38.1 Å². The maximum Gasteiger partial charge on any atom is 0.255 e. The molecule has 1 amide bonds. The third-order valence-corrected chi connectivity index (χ3v) is 6.37. The van der Waals surface area contributed by atoms with Gasteiger partial charge in [-0.2, -0.15) is 4.31 Å². The van der Waals surface area contributed by atoms with Crippen LogP contribution in [0.4, 0.5) is 5.69 Å². The van der Waals surface area contributed by atoms with Crippen molar-refractivity contribution in [3.05, 3.63) is 58.1 Å². The van der Waals surface area contributed by atoms with Gasteiger partial charge in [-0.1, -0.05) is 43.1 Å². The van der Waals surface area contributed by atoms with Gasteiger partial charge in [0.25, 0.3) is 5.91 Å². The Morgan fingerprint density at radius 2 is 1.76 bits per heavy atom. The number of hydrogen-bond acceptors (Lipinski definition) is 3. The summed E-state index contributed by atoms with van der Waals surface area (Å²) in [5.41, 5.74) is 0.704. The van der Waals surface area contributed by atoms with Crippen LogP contribution in [0.15, 0.2) is 47.4 Å². The molecule has 25 heavy (non-hydrogen) atoms. The molecule has 0 aliphatic rings. The molecule has 0 aliphatic heterocycles. The van der Waals surface area contributed by atoms with E-state index < -0.39 is 15.9 Å². The maximum atomic E-state index is 12.7. The molecule has 0 saturated heterocycles. The Kier molecular flexibility index (Phi) is 6.46. The van der Waals surface area contributed by atoms with Gasteiger partial charge in [0.05, 0.1) is 5.02 Å². The summed E-state index contributed by atoms with van der Waals surface area (Å²) in [6, 6.07) is 10.9. The van der Waals surface area contributed by atoms with Crippen molar-refractivity contribution in [1.29, 1.82) is 0 Å². The Balaban J connectivity index is 2.37. The van der Waals surface area contributed by atoms with Crippen LogP contribution in [-0.4, -0.2) is 31.7 Å². The Hall–Kier alpha value is -1.60. The van der Waals surface area contributed by atoms with E-state index in [1.165, 1.54) is 22.5 Å². The van der Waals surface area contributed by atoms with Crippen LogP contribution in [0.3, 0.4) is 0 Å². The number of hydrogen-bond donors (Lipinski definition) is 1. The van der Waals surface area contributed by atoms with Gasteiger partial charge in [-0.15, -0.1) is 0 Å². The van der Waals surface area contributed by atoms with E-state index in [1.807, 2.05) is 0 Å². The molecule has 0 fully saturated rings. The second-order valence-corrected chi connectivity index (χ2v) is 7.95. The van der Waals surface area contributed by atoms with E-state index in [0.29, 0.717) is 23.8 Å².